The van der Waals surface area contributed by atoms with Crippen molar-refractivity contribution in [2.24, 2.45) is 0 Å². The Morgan fingerprint density at radius 3 is 2.56 bits per heavy atom. The third-order valence-corrected chi connectivity index (χ3v) is 6.65. The highest BCUT2D eigenvalue weighted by Gasteiger charge is 2.24. The molecule has 2 N–H and O–H groups in total. The van der Waals surface area contributed by atoms with Crippen molar-refractivity contribution in [3.63, 3.8) is 0 Å². The Morgan fingerprint density at radius 1 is 1.03 bits per heavy atom. The van der Waals surface area contributed by atoms with E-state index in [-0.39, 0.29) is 24.1 Å². The molecule has 3 aromatic rings. The molecule has 1 aliphatic heterocycles. The van der Waals surface area contributed by atoms with Crippen molar-refractivity contribution in [1.82, 2.24) is 5.32 Å². The lowest BCUT2D eigenvalue weighted by atomic mass is 10.1. The van der Waals surface area contributed by atoms with Crippen molar-refractivity contribution in [2.45, 2.75) is 24.3 Å². The molecule has 0 aromatic heterocycles. The summed E-state index contributed by atoms with van der Waals surface area (Å²) in [6.07, 6.45) is 0.0886. The van der Waals surface area contributed by atoms with Crippen LogP contribution in [0.3, 0.4) is 0 Å². The molecule has 1 heterocycles. The molecular formula is C26H26N2O3S. The molecule has 0 saturated heterocycles. The number of thioether (sulfide) groups is 1. The molecule has 0 aliphatic carbocycles. The molecule has 0 bridgehead atoms. The van der Waals surface area contributed by atoms with Gasteiger partial charge in [0.1, 0.15) is 0 Å². The maximum absolute atomic E-state index is 12.8. The van der Waals surface area contributed by atoms with E-state index in [0.717, 1.165) is 28.1 Å². The van der Waals surface area contributed by atoms with Gasteiger partial charge in [0.15, 0.2) is 0 Å². The van der Waals surface area contributed by atoms with E-state index < -0.39 is 6.10 Å². The maximum Gasteiger partial charge on any atom is 0.252 e. The maximum atomic E-state index is 12.8. The fourth-order valence-electron chi connectivity index (χ4n) is 3.79. The Bertz CT molecular complexity index is 1110. The van der Waals surface area contributed by atoms with Crippen LogP contribution in [0.2, 0.25) is 0 Å². The van der Waals surface area contributed by atoms with Crippen molar-refractivity contribution < 1.29 is 14.7 Å². The SMILES string of the molecule is Cc1ccc(C(O)CNC(=O)c2ccccc2SCC(=O)N2CCc3ccccc32)cc1. The number of para-hydroxylation sites is 1. The zero-order valence-corrected chi connectivity index (χ0v) is 18.8. The summed E-state index contributed by atoms with van der Waals surface area (Å²) in [4.78, 5) is 28.2. The van der Waals surface area contributed by atoms with Gasteiger partial charge in [0.2, 0.25) is 5.91 Å². The van der Waals surface area contributed by atoms with E-state index in [2.05, 4.69) is 11.4 Å². The van der Waals surface area contributed by atoms with Gasteiger partial charge in [-0.1, -0.05) is 60.2 Å². The standard InChI is InChI=1S/C26H26N2O3S/c1-18-10-12-20(13-11-18)23(29)16-27-26(31)21-7-3-5-9-24(21)32-17-25(30)28-15-14-19-6-2-4-8-22(19)28/h2-13,23,29H,14-17H2,1H3,(H,27,31). The number of rotatable bonds is 7. The summed E-state index contributed by atoms with van der Waals surface area (Å²) in [5, 5.41) is 13.2. The molecule has 164 valence electrons. The number of fused-ring (bicyclic) bond motifs is 1. The average molecular weight is 447 g/mol. The Labute approximate surface area is 192 Å². The van der Waals surface area contributed by atoms with Gasteiger partial charge in [-0.05, 0) is 42.7 Å². The van der Waals surface area contributed by atoms with Crippen LogP contribution in [-0.2, 0) is 11.2 Å². The van der Waals surface area contributed by atoms with E-state index in [4.69, 9.17) is 0 Å². The van der Waals surface area contributed by atoms with Crippen molar-refractivity contribution in [3.05, 3.63) is 95.1 Å². The number of carbonyl (C=O) groups is 2. The van der Waals surface area contributed by atoms with Crippen LogP contribution in [0.4, 0.5) is 5.69 Å². The predicted molar refractivity (Wildman–Crippen MR) is 128 cm³/mol. The highest BCUT2D eigenvalue weighted by molar-refractivity contribution is 8.00. The zero-order chi connectivity index (χ0) is 22.5. The van der Waals surface area contributed by atoms with Crippen molar-refractivity contribution in [3.8, 4) is 0 Å². The Kier molecular flexibility index (Phi) is 6.93. The van der Waals surface area contributed by atoms with Crippen LogP contribution >= 0.6 is 11.8 Å². The second-order valence-corrected chi connectivity index (χ2v) is 8.86. The first kappa shape index (κ1) is 22.1. The first-order valence-corrected chi connectivity index (χ1v) is 11.6. The third-order valence-electron chi connectivity index (χ3n) is 5.59. The summed E-state index contributed by atoms with van der Waals surface area (Å²) in [6.45, 7) is 2.79. The van der Waals surface area contributed by atoms with Gasteiger partial charge in [-0.2, -0.15) is 0 Å². The fourth-order valence-corrected chi connectivity index (χ4v) is 4.71. The lowest BCUT2D eigenvalue weighted by Gasteiger charge is -2.18. The molecule has 1 atom stereocenters. The van der Waals surface area contributed by atoms with Crippen LogP contribution in [0, 0.1) is 6.92 Å². The van der Waals surface area contributed by atoms with Gasteiger partial charge >= 0.3 is 0 Å². The molecule has 3 aromatic carbocycles. The van der Waals surface area contributed by atoms with Gasteiger partial charge in [0.25, 0.3) is 5.91 Å². The van der Waals surface area contributed by atoms with Gasteiger partial charge in [-0.15, -0.1) is 11.8 Å². The number of aliphatic hydroxyl groups is 1. The average Bonchev–Trinajstić information content (AvgIpc) is 3.26. The highest BCUT2D eigenvalue weighted by Crippen LogP contribution is 2.29. The van der Waals surface area contributed by atoms with Gasteiger partial charge in [0.05, 0.1) is 17.4 Å². The summed E-state index contributed by atoms with van der Waals surface area (Å²) in [5.41, 5.74) is 4.55. The predicted octanol–water partition coefficient (Wildman–Crippen LogP) is 4.14. The highest BCUT2D eigenvalue weighted by atomic mass is 32.2. The summed E-state index contributed by atoms with van der Waals surface area (Å²) in [7, 11) is 0. The number of hydrogen-bond acceptors (Lipinski definition) is 4. The number of nitrogens with zero attached hydrogens (tertiary/aromatic N) is 1. The monoisotopic (exact) mass is 446 g/mol. The summed E-state index contributed by atoms with van der Waals surface area (Å²) >= 11 is 1.36. The molecular weight excluding hydrogens is 420 g/mol. The zero-order valence-electron chi connectivity index (χ0n) is 18.0. The number of amides is 2. The smallest absolute Gasteiger partial charge is 0.252 e. The largest absolute Gasteiger partial charge is 0.387 e. The van der Waals surface area contributed by atoms with E-state index >= 15 is 0 Å². The minimum atomic E-state index is -0.781. The molecule has 1 aliphatic rings. The number of benzene rings is 3. The number of aryl methyl sites for hydroxylation is 1. The van der Waals surface area contributed by atoms with Crippen LogP contribution in [0.15, 0.2) is 77.7 Å². The first-order chi connectivity index (χ1) is 15.5. The number of hydrogen-bond donors (Lipinski definition) is 2. The van der Waals surface area contributed by atoms with Crippen molar-refractivity contribution >= 4 is 29.3 Å². The van der Waals surface area contributed by atoms with Crippen LogP contribution in [-0.4, -0.2) is 35.8 Å². The third kappa shape index (κ3) is 5.03. The minimum absolute atomic E-state index is 0.0324. The van der Waals surface area contributed by atoms with Crippen LogP contribution in [0.5, 0.6) is 0 Å². The summed E-state index contributed by atoms with van der Waals surface area (Å²) in [5.74, 6) is 0.0214. The Balaban J connectivity index is 1.36. The normalized spacial score (nSPS) is 13.5. The van der Waals surface area contributed by atoms with Crippen molar-refractivity contribution in [1.29, 1.82) is 0 Å². The van der Waals surface area contributed by atoms with Crippen molar-refractivity contribution in [2.75, 3.05) is 23.7 Å². The number of anilines is 1. The first-order valence-electron chi connectivity index (χ1n) is 10.7. The molecule has 0 fully saturated rings. The molecule has 4 rings (SSSR count). The van der Waals surface area contributed by atoms with Crippen LogP contribution in [0.1, 0.15) is 33.2 Å². The van der Waals surface area contributed by atoms with Gasteiger partial charge in [-0.3, -0.25) is 9.59 Å². The van der Waals surface area contributed by atoms with E-state index in [1.807, 2.05) is 66.4 Å². The van der Waals surface area contributed by atoms with Crippen LogP contribution < -0.4 is 10.2 Å². The van der Waals surface area contributed by atoms with Gasteiger partial charge in [-0.25, -0.2) is 0 Å². The van der Waals surface area contributed by atoms with E-state index in [0.29, 0.717) is 12.1 Å². The topological polar surface area (TPSA) is 69.6 Å². The second-order valence-electron chi connectivity index (χ2n) is 7.85. The summed E-state index contributed by atoms with van der Waals surface area (Å²) < 4.78 is 0. The lowest BCUT2D eigenvalue weighted by molar-refractivity contribution is -0.116. The second kappa shape index (κ2) is 10.0. The summed E-state index contributed by atoms with van der Waals surface area (Å²) in [6, 6.07) is 22.8. The molecule has 2 amide bonds. The number of aliphatic hydroxyl groups excluding tert-OH is 1. The molecule has 5 nitrogen and oxygen atoms in total. The van der Waals surface area contributed by atoms with Gasteiger partial charge < -0.3 is 15.3 Å². The van der Waals surface area contributed by atoms with E-state index in [1.165, 1.54) is 17.3 Å². The Morgan fingerprint density at radius 2 is 1.75 bits per heavy atom. The van der Waals surface area contributed by atoms with Crippen LogP contribution in [0.25, 0.3) is 0 Å². The lowest BCUT2D eigenvalue weighted by Crippen LogP contribution is -2.31. The molecule has 32 heavy (non-hydrogen) atoms. The molecule has 0 spiro atoms. The Hall–Kier alpha value is -3.09. The fraction of sp³-hybridized carbons (Fsp3) is 0.231. The molecule has 6 heteroatoms. The van der Waals surface area contributed by atoms with E-state index in [1.54, 1.807) is 12.1 Å². The molecule has 0 radical (unpaired) electrons. The van der Waals surface area contributed by atoms with E-state index in [9.17, 15) is 14.7 Å². The minimum Gasteiger partial charge on any atom is -0.387 e. The molecule has 0 saturated carbocycles. The quantitative estimate of drug-likeness (QED) is 0.535. The number of carbonyl (C=O) groups excluding carboxylic acids is 2. The molecule has 1 unspecified atom stereocenters. The number of nitrogens with one attached hydrogen (secondary N) is 1. The van der Waals surface area contributed by atoms with Gasteiger partial charge in [0, 0.05) is 23.7 Å².